The van der Waals surface area contributed by atoms with Gasteiger partial charge in [0.15, 0.2) is 0 Å². The Balaban J connectivity index is 2.69. The number of aryl methyl sites for hydroxylation is 2. The average Bonchev–Trinajstić information content (AvgIpc) is 2.74. The Hall–Kier alpha value is -3.82. The molecule has 10 nitrogen and oxygen atoms in total. The number of hydrogen-bond donors (Lipinski definition) is 1. The minimum atomic E-state index is -0.745. The lowest BCUT2D eigenvalue weighted by Crippen LogP contribution is -2.35. The van der Waals surface area contributed by atoms with Crippen LogP contribution in [0.3, 0.4) is 0 Å². The molecule has 0 atom stereocenters. The van der Waals surface area contributed by atoms with E-state index in [1.807, 2.05) is 0 Å². The van der Waals surface area contributed by atoms with Gasteiger partial charge < -0.3 is 14.8 Å². The van der Waals surface area contributed by atoms with Gasteiger partial charge in [-0.15, -0.1) is 0 Å². The number of aromatic nitrogens is 1. The van der Waals surface area contributed by atoms with Gasteiger partial charge in [-0.05, 0) is 39.7 Å². The number of carbonyl (C=O) groups is 3. The largest absolute Gasteiger partial charge is 0.465 e. The van der Waals surface area contributed by atoms with Gasteiger partial charge in [-0.1, -0.05) is 19.1 Å². The molecule has 0 fully saturated rings. The van der Waals surface area contributed by atoms with Crippen LogP contribution in [-0.4, -0.2) is 47.0 Å². The lowest BCUT2D eigenvalue weighted by molar-refractivity contribution is -0.384. The number of hydrogen-bond acceptors (Lipinski definition) is 8. The highest BCUT2D eigenvalue weighted by molar-refractivity contribution is 6.09. The van der Waals surface area contributed by atoms with Gasteiger partial charge in [0.25, 0.3) is 11.6 Å². The number of ether oxygens (including phenoxy) is 2. The van der Waals surface area contributed by atoms with Gasteiger partial charge in [0, 0.05) is 17.7 Å². The molecule has 2 aromatic rings. The lowest BCUT2D eigenvalue weighted by atomic mass is 9.91. The molecule has 10 heteroatoms. The summed E-state index contributed by atoms with van der Waals surface area (Å²) in [6, 6.07) is 5.58. The van der Waals surface area contributed by atoms with Gasteiger partial charge >= 0.3 is 11.9 Å². The molecule has 0 spiro atoms. The van der Waals surface area contributed by atoms with Gasteiger partial charge in [-0.25, -0.2) is 4.79 Å². The molecule has 2 rings (SSSR count). The number of carbonyl (C=O) groups excluding carboxylic acids is 3. The summed E-state index contributed by atoms with van der Waals surface area (Å²) in [6.45, 7) is 8.07. The van der Waals surface area contributed by atoms with Crippen molar-refractivity contribution in [1.82, 2.24) is 10.3 Å². The molecule has 0 aliphatic heterocycles. The number of nitro benzene ring substituents is 1. The molecule has 0 saturated carbocycles. The van der Waals surface area contributed by atoms with E-state index in [9.17, 15) is 24.5 Å². The number of methoxy groups -OCH3 is 1. The van der Waals surface area contributed by atoms with Crippen LogP contribution in [0.1, 0.15) is 59.8 Å². The quantitative estimate of drug-likeness (QED) is 0.379. The van der Waals surface area contributed by atoms with E-state index in [1.165, 1.54) is 25.3 Å². The number of nitrogens with one attached hydrogen (secondary N) is 1. The highest BCUT2D eigenvalue weighted by atomic mass is 16.6. The van der Waals surface area contributed by atoms with Gasteiger partial charge in [-0.2, -0.15) is 0 Å². The number of benzene rings is 1. The number of non-ortho nitro benzene ring substituents is 1. The zero-order valence-corrected chi connectivity index (χ0v) is 19.5. The molecule has 1 heterocycles. The van der Waals surface area contributed by atoms with Crippen LogP contribution in [0, 0.1) is 17.0 Å². The highest BCUT2D eigenvalue weighted by Crippen LogP contribution is 2.34. The van der Waals surface area contributed by atoms with Crippen LogP contribution in [0.5, 0.6) is 0 Å². The summed E-state index contributed by atoms with van der Waals surface area (Å²) in [4.78, 5) is 53.1. The number of nitrogens with zero attached hydrogens (tertiary/aromatic N) is 2. The van der Waals surface area contributed by atoms with Crippen molar-refractivity contribution in [2.45, 2.75) is 46.6 Å². The van der Waals surface area contributed by atoms with Crippen molar-refractivity contribution >= 4 is 23.5 Å². The first-order valence-electron chi connectivity index (χ1n) is 10.3. The van der Waals surface area contributed by atoms with Crippen molar-refractivity contribution in [1.29, 1.82) is 0 Å². The third kappa shape index (κ3) is 6.12. The van der Waals surface area contributed by atoms with Crippen LogP contribution in [0.4, 0.5) is 5.69 Å². The van der Waals surface area contributed by atoms with E-state index < -0.39 is 34.9 Å². The fourth-order valence-electron chi connectivity index (χ4n) is 3.30. The van der Waals surface area contributed by atoms with E-state index in [2.05, 4.69) is 10.3 Å². The number of esters is 2. The standard InChI is InChI=1S/C23H27N3O7/c1-7-16-20(21(28)24-12-17(27)33-23(3,4)5)19(18(13(2)25-16)22(29)32-6)14-9-8-10-15(11-14)26(30)31/h8-11H,7,12H2,1-6H3,(H,24,28). The zero-order chi connectivity index (χ0) is 24.9. The van der Waals surface area contributed by atoms with Crippen LogP contribution in [0.25, 0.3) is 11.1 Å². The summed E-state index contributed by atoms with van der Waals surface area (Å²) in [5, 5.41) is 13.8. The fraction of sp³-hybridized carbons (Fsp3) is 0.391. The van der Waals surface area contributed by atoms with E-state index in [1.54, 1.807) is 40.7 Å². The van der Waals surface area contributed by atoms with Gasteiger partial charge in [0.05, 0.1) is 34.5 Å². The first kappa shape index (κ1) is 25.4. The predicted octanol–water partition coefficient (Wildman–Crippen LogP) is 3.39. The van der Waals surface area contributed by atoms with Crippen LogP contribution < -0.4 is 5.32 Å². The molecule has 1 aromatic heterocycles. The minimum Gasteiger partial charge on any atom is -0.465 e. The summed E-state index contributed by atoms with van der Waals surface area (Å²) in [5.74, 6) is -2.05. The Morgan fingerprint density at radius 3 is 2.39 bits per heavy atom. The normalized spacial score (nSPS) is 11.0. The molecule has 0 unspecified atom stereocenters. The van der Waals surface area contributed by atoms with Gasteiger partial charge in [0.1, 0.15) is 12.1 Å². The second-order valence-corrected chi connectivity index (χ2v) is 8.19. The third-order valence-corrected chi connectivity index (χ3v) is 4.56. The van der Waals surface area contributed by atoms with Crippen molar-refractivity contribution in [2.75, 3.05) is 13.7 Å². The van der Waals surface area contributed by atoms with Gasteiger partial charge in [-0.3, -0.25) is 24.7 Å². The smallest absolute Gasteiger partial charge is 0.340 e. The number of amides is 1. The fourth-order valence-corrected chi connectivity index (χ4v) is 3.30. The molecular weight excluding hydrogens is 430 g/mol. The van der Waals surface area contributed by atoms with Crippen molar-refractivity contribution in [2.24, 2.45) is 0 Å². The predicted molar refractivity (Wildman–Crippen MR) is 120 cm³/mol. The second kappa shape index (κ2) is 10.2. The monoisotopic (exact) mass is 457 g/mol. The molecule has 0 radical (unpaired) electrons. The topological polar surface area (TPSA) is 138 Å². The summed E-state index contributed by atoms with van der Waals surface area (Å²) < 4.78 is 10.1. The van der Waals surface area contributed by atoms with Crippen LogP contribution in [-0.2, 0) is 20.7 Å². The van der Waals surface area contributed by atoms with Gasteiger partial charge in [0.2, 0.25) is 0 Å². The molecule has 33 heavy (non-hydrogen) atoms. The minimum absolute atomic E-state index is 0.0117. The van der Waals surface area contributed by atoms with Crippen molar-refractivity contribution in [3.05, 3.63) is 56.9 Å². The van der Waals surface area contributed by atoms with E-state index in [4.69, 9.17) is 9.47 Å². The van der Waals surface area contributed by atoms with Crippen LogP contribution in [0.2, 0.25) is 0 Å². The lowest BCUT2D eigenvalue weighted by Gasteiger charge is -2.21. The first-order valence-corrected chi connectivity index (χ1v) is 10.3. The Morgan fingerprint density at radius 1 is 1.18 bits per heavy atom. The maximum absolute atomic E-state index is 13.2. The molecule has 0 saturated heterocycles. The molecule has 0 aliphatic carbocycles. The van der Waals surface area contributed by atoms with Crippen LogP contribution in [0.15, 0.2) is 24.3 Å². The molecule has 176 valence electrons. The Bertz CT molecular complexity index is 1100. The molecule has 1 N–H and O–H groups in total. The average molecular weight is 457 g/mol. The van der Waals surface area contributed by atoms with Crippen molar-refractivity contribution < 1.29 is 28.8 Å². The van der Waals surface area contributed by atoms with E-state index in [-0.39, 0.29) is 27.9 Å². The van der Waals surface area contributed by atoms with E-state index in [0.29, 0.717) is 17.8 Å². The maximum atomic E-state index is 13.2. The van der Waals surface area contributed by atoms with Crippen LogP contribution >= 0.6 is 0 Å². The highest BCUT2D eigenvalue weighted by Gasteiger charge is 2.29. The van der Waals surface area contributed by atoms with Crippen molar-refractivity contribution in [3.63, 3.8) is 0 Å². The summed E-state index contributed by atoms with van der Waals surface area (Å²) in [7, 11) is 1.19. The van der Waals surface area contributed by atoms with Crippen molar-refractivity contribution in [3.8, 4) is 11.1 Å². The summed E-state index contributed by atoms with van der Waals surface area (Å²) in [6.07, 6.45) is 0.333. The molecule has 0 bridgehead atoms. The Kier molecular flexibility index (Phi) is 7.86. The Morgan fingerprint density at radius 2 is 1.85 bits per heavy atom. The number of nitro groups is 1. The summed E-state index contributed by atoms with van der Waals surface area (Å²) in [5.41, 5.74) is 0.200. The SMILES string of the molecule is CCc1nc(C)c(C(=O)OC)c(-c2cccc([N+](=O)[O-])c2)c1C(=O)NCC(=O)OC(C)(C)C. The molecule has 1 amide bonds. The van der Waals surface area contributed by atoms with E-state index >= 15 is 0 Å². The molecular formula is C23H27N3O7. The third-order valence-electron chi connectivity index (χ3n) is 4.56. The second-order valence-electron chi connectivity index (χ2n) is 8.19. The van der Waals surface area contributed by atoms with E-state index in [0.717, 1.165) is 0 Å². The Labute approximate surface area is 191 Å². The zero-order valence-electron chi connectivity index (χ0n) is 19.5. The number of rotatable bonds is 7. The molecule has 0 aliphatic rings. The first-order chi connectivity index (χ1) is 15.4. The number of pyridine rings is 1. The molecule has 1 aromatic carbocycles. The summed E-state index contributed by atoms with van der Waals surface area (Å²) >= 11 is 0. The maximum Gasteiger partial charge on any atom is 0.340 e.